The minimum Gasteiger partial charge on any atom is -0.545 e. The van der Waals surface area contributed by atoms with E-state index in [1.807, 2.05) is 54.6 Å². The van der Waals surface area contributed by atoms with Gasteiger partial charge in [0.15, 0.2) is 5.82 Å². The number of amides is 1. The van der Waals surface area contributed by atoms with Crippen LogP contribution in [0.1, 0.15) is 10.4 Å². The molecule has 30 heavy (non-hydrogen) atoms. The first-order valence-corrected chi connectivity index (χ1v) is 10.1. The minimum absolute atomic E-state index is 0.00903. The topological polar surface area (TPSA) is 95.0 Å². The number of benzene rings is 3. The number of carbonyl (C=O) groups excluding carboxylic acids is 2. The number of hydrogen-bond donors (Lipinski definition) is 1. The lowest BCUT2D eigenvalue weighted by Gasteiger charge is -2.10. The molecule has 0 aliphatic carbocycles. The van der Waals surface area contributed by atoms with Crippen molar-refractivity contribution in [3.8, 4) is 11.4 Å². The van der Waals surface area contributed by atoms with Gasteiger partial charge in [-0.1, -0.05) is 72.4 Å². The molecule has 0 spiro atoms. The predicted octanol–water partition coefficient (Wildman–Crippen LogP) is 3.39. The summed E-state index contributed by atoms with van der Waals surface area (Å²) in [6, 6.07) is 23.3. The molecule has 1 amide bonds. The molecule has 0 unspecified atom stereocenters. The average Bonchev–Trinajstić information content (AvgIpc) is 2.78. The van der Waals surface area contributed by atoms with Gasteiger partial charge in [-0.05, 0) is 23.8 Å². The first kappa shape index (κ1) is 19.6. The number of anilines is 1. The summed E-state index contributed by atoms with van der Waals surface area (Å²) < 4.78 is 0. The van der Waals surface area contributed by atoms with E-state index >= 15 is 0 Å². The molecule has 4 rings (SSSR count). The summed E-state index contributed by atoms with van der Waals surface area (Å²) in [6.07, 6.45) is 0. The monoisotopic (exact) mass is 414 g/mol. The maximum Gasteiger partial charge on any atom is 0.234 e. The third kappa shape index (κ3) is 4.47. The van der Waals surface area contributed by atoms with Gasteiger partial charge in [-0.2, -0.15) is 0 Å². The number of carboxylic acids is 1. The van der Waals surface area contributed by atoms with E-state index in [-0.39, 0.29) is 17.2 Å². The van der Waals surface area contributed by atoms with Gasteiger partial charge < -0.3 is 15.2 Å². The summed E-state index contributed by atoms with van der Waals surface area (Å²) in [7, 11) is 0. The van der Waals surface area contributed by atoms with Gasteiger partial charge in [0.05, 0.1) is 17.2 Å². The SMILES string of the molecule is O=C(CSc1nc(-c2ccccc2)nc2ccccc12)Nc1cccc(C(=O)[O-])c1. The van der Waals surface area contributed by atoms with E-state index in [0.29, 0.717) is 16.5 Å². The second kappa shape index (κ2) is 8.75. The second-order valence-corrected chi connectivity index (χ2v) is 7.40. The zero-order valence-electron chi connectivity index (χ0n) is 15.7. The zero-order valence-corrected chi connectivity index (χ0v) is 16.6. The van der Waals surface area contributed by atoms with Gasteiger partial charge in [0.1, 0.15) is 5.03 Å². The molecule has 0 radical (unpaired) electrons. The van der Waals surface area contributed by atoms with Gasteiger partial charge in [-0.15, -0.1) is 0 Å². The molecule has 0 aliphatic rings. The van der Waals surface area contributed by atoms with E-state index in [2.05, 4.69) is 15.3 Å². The largest absolute Gasteiger partial charge is 0.545 e. The molecule has 1 aromatic heterocycles. The Balaban J connectivity index is 1.55. The van der Waals surface area contributed by atoms with E-state index in [0.717, 1.165) is 16.5 Å². The zero-order chi connectivity index (χ0) is 20.9. The lowest BCUT2D eigenvalue weighted by molar-refractivity contribution is -0.255. The number of aromatic nitrogens is 2. The quantitative estimate of drug-likeness (QED) is 0.384. The fourth-order valence-corrected chi connectivity index (χ4v) is 3.75. The van der Waals surface area contributed by atoms with E-state index in [1.54, 1.807) is 12.1 Å². The number of thioether (sulfide) groups is 1. The minimum atomic E-state index is -1.29. The molecular formula is C23H16N3O3S-. The molecule has 148 valence electrons. The summed E-state index contributed by atoms with van der Waals surface area (Å²) in [4.78, 5) is 32.7. The summed E-state index contributed by atoms with van der Waals surface area (Å²) >= 11 is 1.30. The van der Waals surface area contributed by atoms with Crippen LogP contribution in [0.3, 0.4) is 0 Å². The van der Waals surface area contributed by atoms with E-state index < -0.39 is 5.97 Å². The van der Waals surface area contributed by atoms with E-state index in [4.69, 9.17) is 0 Å². The van der Waals surface area contributed by atoms with Crippen molar-refractivity contribution < 1.29 is 14.7 Å². The maximum atomic E-state index is 12.4. The van der Waals surface area contributed by atoms with Crippen LogP contribution in [0.15, 0.2) is 83.9 Å². The van der Waals surface area contributed by atoms with Crippen molar-refractivity contribution in [2.45, 2.75) is 5.03 Å². The molecule has 0 atom stereocenters. The number of aromatic carboxylic acids is 1. The van der Waals surface area contributed by atoms with Crippen LogP contribution in [0.25, 0.3) is 22.3 Å². The average molecular weight is 414 g/mol. The number of hydrogen-bond acceptors (Lipinski definition) is 6. The van der Waals surface area contributed by atoms with Crippen LogP contribution in [-0.2, 0) is 4.79 Å². The van der Waals surface area contributed by atoms with E-state index in [9.17, 15) is 14.7 Å². The van der Waals surface area contributed by atoms with Gasteiger partial charge in [0.25, 0.3) is 0 Å². The molecule has 1 heterocycles. The number of nitrogens with zero attached hydrogens (tertiary/aromatic N) is 2. The van der Waals surface area contributed by atoms with Gasteiger partial charge in [0.2, 0.25) is 5.91 Å². The predicted molar refractivity (Wildman–Crippen MR) is 115 cm³/mol. The Hall–Kier alpha value is -3.71. The fourth-order valence-electron chi connectivity index (χ4n) is 2.93. The van der Waals surface area contributed by atoms with Crippen molar-refractivity contribution in [2.24, 2.45) is 0 Å². The van der Waals surface area contributed by atoms with Crippen molar-refractivity contribution in [1.29, 1.82) is 0 Å². The molecule has 1 N–H and O–H groups in total. The van der Waals surface area contributed by atoms with Gasteiger partial charge >= 0.3 is 0 Å². The Morgan fingerprint density at radius 1 is 0.900 bits per heavy atom. The molecule has 0 aliphatic heterocycles. The Bertz CT molecular complexity index is 1230. The van der Waals surface area contributed by atoms with Crippen LogP contribution in [0, 0.1) is 0 Å². The number of carbonyl (C=O) groups is 2. The van der Waals surface area contributed by atoms with Gasteiger partial charge in [0, 0.05) is 16.6 Å². The highest BCUT2D eigenvalue weighted by Crippen LogP contribution is 2.28. The Kier molecular flexibility index (Phi) is 5.72. The van der Waals surface area contributed by atoms with Crippen molar-refractivity contribution in [1.82, 2.24) is 9.97 Å². The van der Waals surface area contributed by atoms with E-state index in [1.165, 1.54) is 23.9 Å². The number of fused-ring (bicyclic) bond motifs is 1. The van der Waals surface area contributed by atoms with Crippen LogP contribution in [0.4, 0.5) is 5.69 Å². The highest BCUT2D eigenvalue weighted by Gasteiger charge is 2.12. The van der Waals surface area contributed by atoms with Crippen molar-refractivity contribution in [3.05, 3.63) is 84.4 Å². The molecule has 0 fully saturated rings. The summed E-state index contributed by atoms with van der Waals surface area (Å²) in [5.74, 6) is -0.843. The van der Waals surface area contributed by atoms with Crippen LogP contribution < -0.4 is 10.4 Å². The lowest BCUT2D eigenvalue weighted by atomic mass is 10.2. The van der Waals surface area contributed by atoms with Gasteiger partial charge in [-0.3, -0.25) is 4.79 Å². The number of para-hydroxylation sites is 1. The number of carboxylic acid groups (broad SMARTS) is 1. The molecule has 0 saturated heterocycles. The smallest absolute Gasteiger partial charge is 0.234 e. The highest BCUT2D eigenvalue weighted by atomic mass is 32.2. The Labute approximate surface area is 177 Å². The summed E-state index contributed by atoms with van der Waals surface area (Å²) in [5, 5.41) is 15.3. The van der Waals surface area contributed by atoms with Crippen molar-refractivity contribution >= 4 is 40.2 Å². The van der Waals surface area contributed by atoms with Crippen LogP contribution in [0.2, 0.25) is 0 Å². The first-order valence-electron chi connectivity index (χ1n) is 9.16. The molecule has 4 aromatic rings. The maximum absolute atomic E-state index is 12.4. The summed E-state index contributed by atoms with van der Waals surface area (Å²) in [6.45, 7) is 0. The van der Waals surface area contributed by atoms with Crippen LogP contribution in [-0.4, -0.2) is 27.6 Å². The van der Waals surface area contributed by atoms with Gasteiger partial charge in [-0.25, -0.2) is 9.97 Å². The molecule has 0 saturated carbocycles. The second-order valence-electron chi connectivity index (χ2n) is 6.44. The normalized spacial score (nSPS) is 10.7. The number of nitrogens with one attached hydrogen (secondary N) is 1. The third-order valence-electron chi connectivity index (χ3n) is 4.32. The molecule has 0 bridgehead atoms. The number of rotatable bonds is 6. The third-order valence-corrected chi connectivity index (χ3v) is 5.31. The van der Waals surface area contributed by atoms with Crippen LogP contribution >= 0.6 is 11.8 Å². The molecule has 6 nitrogen and oxygen atoms in total. The summed E-state index contributed by atoms with van der Waals surface area (Å²) in [5.41, 5.74) is 2.11. The molecular weight excluding hydrogens is 398 g/mol. The Morgan fingerprint density at radius 3 is 2.47 bits per heavy atom. The fraction of sp³-hybridized carbons (Fsp3) is 0.0435. The van der Waals surface area contributed by atoms with Crippen LogP contribution in [0.5, 0.6) is 0 Å². The lowest BCUT2D eigenvalue weighted by Crippen LogP contribution is -2.22. The highest BCUT2D eigenvalue weighted by molar-refractivity contribution is 8.00. The first-order chi connectivity index (χ1) is 14.6. The standard InChI is InChI=1S/C23H17N3O3S/c27-20(24-17-10-6-9-16(13-17)23(28)29)14-30-22-18-11-4-5-12-19(18)25-21(26-22)15-7-2-1-3-8-15/h1-13H,14H2,(H,24,27)(H,28,29)/p-1. The Morgan fingerprint density at radius 2 is 1.67 bits per heavy atom. The molecule has 7 heteroatoms. The molecule has 3 aromatic carbocycles. The van der Waals surface area contributed by atoms with Crippen molar-refractivity contribution in [2.75, 3.05) is 11.1 Å². The van der Waals surface area contributed by atoms with Crippen molar-refractivity contribution in [3.63, 3.8) is 0 Å².